The molecule has 154 valence electrons. The molecule has 2 saturated heterocycles. The van der Waals surface area contributed by atoms with Crippen molar-refractivity contribution < 1.29 is 18.7 Å². The van der Waals surface area contributed by atoms with Crippen molar-refractivity contribution in [3.8, 4) is 0 Å². The van der Waals surface area contributed by atoms with Crippen LogP contribution in [-0.4, -0.2) is 61.0 Å². The molecule has 0 saturated carbocycles. The van der Waals surface area contributed by atoms with Crippen molar-refractivity contribution in [2.75, 3.05) is 39.4 Å². The van der Waals surface area contributed by atoms with Gasteiger partial charge >= 0.3 is 0 Å². The summed E-state index contributed by atoms with van der Waals surface area (Å²) in [6.45, 7) is 5.73. The summed E-state index contributed by atoms with van der Waals surface area (Å²) >= 11 is 0. The highest BCUT2D eigenvalue weighted by Crippen LogP contribution is 2.28. The number of rotatable bonds is 4. The van der Waals surface area contributed by atoms with Gasteiger partial charge in [0.1, 0.15) is 11.3 Å². The predicted molar refractivity (Wildman–Crippen MR) is 111 cm³/mol. The summed E-state index contributed by atoms with van der Waals surface area (Å²) in [6, 6.07) is 7.88. The molecule has 0 N–H and O–H groups in total. The largest absolute Gasteiger partial charge is 0.460 e. The Labute approximate surface area is 171 Å². The number of piperidine rings is 1. The Hall–Kier alpha value is -2.60. The lowest BCUT2D eigenvalue weighted by atomic mass is 9.96. The zero-order valence-electron chi connectivity index (χ0n) is 16.9. The number of nitrogens with zero attached hydrogens (tertiary/aromatic N) is 2. The maximum absolute atomic E-state index is 12.8. The summed E-state index contributed by atoms with van der Waals surface area (Å²) in [5.74, 6) is 0.884. The van der Waals surface area contributed by atoms with Crippen molar-refractivity contribution in [2.24, 2.45) is 5.92 Å². The first-order valence-corrected chi connectivity index (χ1v) is 10.5. The topological polar surface area (TPSA) is 63.0 Å². The number of para-hydroxylation sites is 1. The van der Waals surface area contributed by atoms with Crippen LogP contribution in [0.4, 0.5) is 0 Å². The Morgan fingerprint density at radius 1 is 1.14 bits per heavy atom. The minimum absolute atomic E-state index is 0.0446. The minimum atomic E-state index is -0.111. The summed E-state index contributed by atoms with van der Waals surface area (Å²) in [7, 11) is 0. The van der Waals surface area contributed by atoms with Gasteiger partial charge in [-0.25, -0.2) is 0 Å². The average Bonchev–Trinajstić information content (AvgIpc) is 3.15. The van der Waals surface area contributed by atoms with Gasteiger partial charge in [-0.2, -0.15) is 0 Å². The van der Waals surface area contributed by atoms with Crippen molar-refractivity contribution in [2.45, 2.75) is 26.2 Å². The zero-order chi connectivity index (χ0) is 20.2. The number of hydrogen-bond acceptors (Lipinski definition) is 4. The molecule has 29 heavy (non-hydrogen) atoms. The Balaban J connectivity index is 1.45. The molecule has 1 aromatic heterocycles. The Kier molecular flexibility index (Phi) is 6.00. The Morgan fingerprint density at radius 3 is 2.72 bits per heavy atom. The van der Waals surface area contributed by atoms with Gasteiger partial charge in [0.15, 0.2) is 0 Å². The lowest BCUT2D eigenvalue weighted by Crippen LogP contribution is -2.49. The minimum Gasteiger partial charge on any atom is -0.460 e. The van der Waals surface area contributed by atoms with Gasteiger partial charge in [0.2, 0.25) is 11.8 Å². The second-order valence-corrected chi connectivity index (χ2v) is 7.68. The highest BCUT2D eigenvalue weighted by Gasteiger charge is 2.31. The molecule has 2 fully saturated rings. The SMILES string of the molecule is CCc1oc2ccccc2c1/C=C/C(=O)N1CCCC(C(=O)N2CCOCC2)C1. The quantitative estimate of drug-likeness (QED) is 0.745. The molecule has 4 rings (SSSR count). The number of fused-ring (bicyclic) bond motifs is 1. The molecule has 0 aliphatic carbocycles. The number of likely N-dealkylation sites (tertiary alicyclic amines) is 1. The van der Waals surface area contributed by atoms with Gasteiger partial charge in [-0.15, -0.1) is 0 Å². The Morgan fingerprint density at radius 2 is 1.93 bits per heavy atom. The third kappa shape index (κ3) is 4.22. The summed E-state index contributed by atoms with van der Waals surface area (Å²) in [5, 5.41) is 1.02. The Bertz CT molecular complexity index is 911. The maximum Gasteiger partial charge on any atom is 0.246 e. The van der Waals surface area contributed by atoms with Crippen molar-refractivity contribution in [1.82, 2.24) is 9.80 Å². The number of carbonyl (C=O) groups is 2. The van der Waals surface area contributed by atoms with E-state index in [2.05, 4.69) is 0 Å². The van der Waals surface area contributed by atoms with E-state index in [1.54, 1.807) is 11.0 Å². The number of carbonyl (C=O) groups excluding carboxylic acids is 2. The van der Waals surface area contributed by atoms with Gasteiger partial charge in [-0.05, 0) is 25.0 Å². The summed E-state index contributed by atoms with van der Waals surface area (Å²) in [6.07, 6.45) is 5.95. The maximum atomic E-state index is 12.8. The summed E-state index contributed by atoms with van der Waals surface area (Å²) in [4.78, 5) is 29.3. The van der Waals surface area contributed by atoms with E-state index in [-0.39, 0.29) is 17.7 Å². The zero-order valence-corrected chi connectivity index (χ0v) is 16.9. The number of amides is 2. The van der Waals surface area contributed by atoms with Crippen LogP contribution in [0.2, 0.25) is 0 Å². The molecule has 2 amide bonds. The number of ether oxygens (including phenoxy) is 1. The van der Waals surface area contributed by atoms with Crippen LogP contribution in [0.5, 0.6) is 0 Å². The van der Waals surface area contributed by atoms with Gasteiger partial charge in [0.25, 0.3) is 0 Å². The van der Waals surface area contributed by atoms with Crippen LogP contribution in [0.25, 0.3) is 17.0 Å². The van der Waals surface area contributed by atoms with Crippen LogP contribution >= 0.6 is 0 Å². The van der Waals surface area contributed by atoms with Crippen LogP contribution in [-0.2, 0) is 20.7 Å². The molecule has 6 heteroatoms. The number of furan rings is 1. The third-order valence-electron chi connectivity index (χ3n) is 5.83. The predicted octanol–water partition coefficient (Wildman–Crippen LogP) is 3.11. The van der Waals surface area contributed by atoms with Crippen molar-refractivity contribution in [3.63, 3.8) is 0 Å². The molecule has 2 aromatic rings. The van der Waals surface area contributed by atoms with Gasteiger partial charge in [-0.3, -0.25) is 9.59 Å². The summed E-state index contributed by atoms with van der Waals surface area (Å²) in [5.41, 5.74) is 1.81. The van der Waals surface area contributed by atoms with Crippen molar-refractivity contribution in [1.29, 1.82) is 0 Å². The number of aryl methyl sites for hydroxylation is 1. The van der Waals surface area contributed by atoms with Gasteiger partial charge in [0, 0.05) is 49.6 Å². The van der Waals surface area contributed by atoms with E-state index in [0.717, 1.165) is 41.6 Å². The fourth-order valence-electron chi connectivity index (χ4n) is 4.24. The van der Waals surface area contributed by atoms with Crippen LogP contribution in [0.1, 0.15) is 31.1 Å². The highest BCUT2D eigenvalue weighted by atomic mass is 16.5. The first-order chi connectivity index (χ1) is 14.2. The molecule has 1 unspecified atom stereocenters. The molecule has 0 bridgehead atoms. The average molecular weight is 396 g/mol. The molecule has 1 atom stereocenters. The molecule has 0 spiro atoms. The highest BCUT2D eigenvalue weighted by molar-refractivity contribution is 5.96. The fourth-order valence-corrected chi connectivity index (χ4v) is 4.24. The third-order valence-corrected chi connectivity index (χ3v) is 5.83. The second kappa shape index (κ2) is 8.82. The first-order valence-electron chi connectivity index (χ1n) is 10.5. The van der Waals surface area contributed by atoms with Gasteiger partial charge in [0.05, 0.1) is 19.1 Å². The van der Waals surface area contributed by atoms with E-state index in [4.69, 9.17) is 9.15 Å². The second-order valence-electron chi connectivity index (χ2n) is 7.68. The van der Waals surface area contributed by atoms with Crippen LogP contribution in [0, 0.1) is 5.92 Å². The smallest absolute Gasteiger partial charge is 0.246 e. The summed E-state index contributed by atoms with van der Waals surface area (Å²) < 4.78 is 11.2. The van der Waals surface area contributed by atoms with E-state index in [9.17, 15) is 9.59 Å². The monoisotopic (exact) mass is 396 g/mol. The van der Waals surface area contributed by atoms with E-state index in [0.29, 0.717) is 39.4 Å². The molecule has 2 aliphatic heterocycles. The number of hydrogen-bond donors (Lipinski definition) is 0. The molecule has 3 heterocycles. The van der Waals surface area contributed by atoms with Crippen LogP contribution < -0.4 is 0 Å². The van der Waals surface area contributed by atoms with E-state index >= 15 is 0 Å². The standard InChI is InChI=1S/C23H28N2O4/c1-2-20-19(18-7-3-4-8-21(18)29-20)9-10-22(26)25-11-5-6-17(16-25)23(27)24-12-14-28-15-13-24/h3-4,7-10,17H,2,5-6,11-16H2,1H3/b10-9+. The number of morpholine rings is 1. The lowest BCUT2D eigenvalue weighted by Gasteiger charge is -2.35. The number of benzene rings is 1. The van der Waals surface area contributed by atoms with Gasteiger partial charge in [-0.1, -0.05) is 25.1 Å². The van der Waals surface area contributed by atoms with Crippen LogP contribution in [0.3, 0.4) is 0 Å². The molecular formula is C23H28N2O4. The van der Waals surface area contributed by atoms with Crippen LogP contribution in [0.15, 0.2) is 34.8 Å². The van der Waals surface area contributed by atoms with E-state index < -0.39 is 0 Å². The van der Waals surface area contributed by atoms with Crippen molar-refractivity contribution >= 4 is 28.9 Å². The van der Waals surface area contributed by atoms with E-state index in [1.807, 2.05) is 42.2 Å². The van der Waals surface area contributed by atoms with Gasteiger partial charge < -0.3 is 19.0 Å². The molecular weight excluding hydrogens is 368 g/mol. The molecule has 2 aliphatic rings. The van der Waals surface area contributed by atoms with Crippen molar-refractivity contribution in [3.05, 3.63) is 41.7 Å². The molecule has 6 nitrogen and oxygen atoms in total. The fraction of sp³-hybridized carbons (Fsp3) is 0.478. The molecule has 0 radical (unpaired) electrons. The lowest BCUT2D eigenvalue weighted by molar-refractivity contribution is -0.143. The molecule has 1 aromatic carbocycles. The normalized spacial score (nSPS) is 20.5. The first kappa shape index (κ1) is 19.7. The van der Waals surface area contributed by atoms with E-state index in [1.165, 1.54) is 0 Å².